The first-order valence-corrected chi connectivity index (χ1v) is 7.12. The zero-order chi connectivity index (χ0) is 10.7. The van der Waals surface area contributed by atoms with E-state index in [0.717, 1.165) is 16.3 Å². The Morgan fingerprint density at radius 3 is 2.60 bits per heavy atom. The van der Waals surface area contributed by atoms with Crippen molar-refractivity contribution in [2.75, 3.05) is 6.26 Å². The minimum absolute atomic E-state index is 0.486. The highest BCUT2D eigenvalue weighted by atomic mass is 35.5. The second-order valence-corrected chi connectivity index (χ2v) is 5.01. The fourth-order valence-electron chi connectivity index (χ4n) is 1.23. The van der Waals surface area contributed by atoms with Crippen molar-refractivity contribution in [2.24, 2.45) is 0 Å². The molecule has 0 amide bonds. The topological polar surface area (TPSA) is 12.9 Å². The molecule has 0 atom stereocenters. The molecule has 0 radical (unpaired) electrons. The zero-order valence-electron chi connectivity index (χ0n) is 8.24. The lowest BCUT2D eigenvalue weighted by Crippen LogP contribution is -1.79. The van der Waals surface area contributed by atoms with Crippen molar-refractivity contribution in [1.82, 2.24) is 4.98 Å². The maximum absolute atomic E-state index is 5.72. The van der Waals surface area contributed by atoms with Gasteiger partial charge < -0.3 is 0 Å². The standard InChI is InChI=1S/C11H10ClNS2/c1-14-10-4-2-8(3-5-10)11-13-9(6-12)7-15-11/h2-5,7H,6H2,1H3. The molecule has 0 fully saturated rings. The molecule has 0 aliphatic rings. The molecule has 1 heterocycles. The van der Waals surface area contributed by atoms with Crippen LogP contribution in [0.5, 0.6) is 0 Å². The van der Waals surface area contributed by atoms with Crippen LogP contribution in [0.3, 0.4) is 0 Å². The number of thiazole rings is 1. The quantitative estimate of drug-likeness (QED) is 0.600. The Balaban J connectivity index is 2.28. The number of aromatic nitrogens is 1. The molecule has 0 saturated carbocycles. The van der Waals surface area contributed by atoms with Crippen LogP contribution in [0.2, 0.25) is 0 Å². The van der Waals surface area contributed by atoms with Gasteiger partial charge in [0.2, 0.25) is 0 Å². The summed E-state index contributed by atoms with van der Waals surface area (Å²) in [5.74, 6) is 0.486. The molecule has 0 bridgehead atoms. The Labute approximate surface area is 103 Å². The van der Waals surface area contributed by atoms with Crippen LogP contribution < -0.4 is 0 Å². The van der Waals surface area contributed by atoms with Gasteiger partial charge in [-0.3, -0.25) is 0 Å². The number of hydrogen-bond donors (Lipinski definition) is 0. The van der Waals surface area contributed by atoms with E-state index in [1.807, 2.05) is 5.38 Å². The molecule has 0 saturated heterocycles. The van der Waals surface area contributed by atoms with Crippen LogP contribution in [0, 0.1) is 0 Å². The number of nitrogens with zero attached hydrogens (tertiary/aromatic N) is 1. The van der Waals surface area contributed by atoms with Crippen molar-refractivity contribution in [3.05, 3.63) is 35.3 Å². The average molecular weight is 256 g/mol. The fraction of sp³-hybridized carbons (Fsp3) is 0.182. The SMILES string of the molecule is CSc1ccc(-c2nc(CCl)cs2)cc1. The first-order chi connectivity index (χ1) is 7.33. The van der Waals surface area contributed by atoms with Crippen molar-refractivity contribution < 1.29 is 0 Å². The Bertz CT molecular complexity index is 436. The van der Waals surface area contributed by atoms with E-state index in [-0.39, 0.29) is 0 Å². The van der Waals surface area contributed by atoms with Gasteiger partial charge in [0.15, 0.2) is 0 Å². The predicted octanol–water partition coefficient (Wildman–Crippen LogP) is 4.27. The Hall–Kier alpha value is -0.510. The maximum Gasteiger partial charge on any atom is 0.123 e. The minimum Gasteiger partial charge on any atom is -0.240 e. The molecule has 15 heavy (non-hydrogen) atoms. The summed E-state index contributed by atoms with van der Waals surface area (Å²) < 4.78 is 0. The molecule has 0 spiro atoms. The van der Waals surface area contributed by atoms with Gasteiger partial charge in [0.05, 0.1) is 11.6 Å². The second kappa shape index (κ2) is 5.01. The van der Waals surface area contributed by atoms with Gasteiger partial charge in [-0.1, -0.05) is 12.1 Å². The fourth-order valence-corrected chi connectivity index (χ4v) is 2.70. The Morgan fingerprint density at radius 2 is 2.07 bits per heavy atom. The summed E-state index contributed by atoms with van der Waals surface area (Å²) in [7, 11) is 0. The van der Waals surface area contributed by atoms with Gasteiger partial charge in [0.1, 0.15) is 5.01 Å². The van der Waals surface area contributed by atoms with E-state index in [1.54, 1.807) is 23.1 Å². The molecule has 0 aliphatic carbocycles. The van der Waals surface area contributed by atoms with Crippen LogP contribution in [-0.4, -0.2) is 11.2 Å². The monoisotopic (exact) mass is 255 g/mol. The first kappa shape index (κ1) is 11.0. The summed E-state index contributed by atoms with van der Waals surface area (Å²) in [6.07, 6.45) is 2.07. The highest BCUT2D eigenvalue weighted by Gasteiger charge is 2.03. The largest absolute Gasteiger partial charge is 0.240 e. The summed E-state index contributed by atoms with van der Waals surface area (Å²) in [5, 5.41) is 3.04. The van der Waals surface area contributed by atoms with Gasteiger partial charge in [-0.25, -0.2) is 4.98 Å². The number of benzene rings is 1. The summed E-state index contributed by atoms with van der Waals surface area (Å²) in [5.41, 5.74) is 2.11. The maximum atomic E-state index is 5.72. The van der Waals surface area contributed by atoms with Crippen molar-refractivity contribution in [2.45, 2.75) is 10.8 Å². The van der Waals surface area contributed by atoms with Gasteiger partial charge in [-0.2, -0.15) is 0 Å². The summed E-state index contributed by atoms with van der Waals surface area (Å²) in [6.45, 7) is 0. The Kier molecular flexibility index (Phi) is 3.67. The molecular weight excluding hydrogens is 246 g/mol. The van der Waals surface area contributed by atoms with Crippen LogP contribution >= 0.6 is 34.7 Å². The number of thioether (sulfide) groups is 1. The average Bonchev–Trinajstić information content (AvgIpc) is 2.78. The molecule has 1 aromatic heterocycles. The van der Waals surface area contributed by atoms with Crippen LogP contribution in [0.4, 0.5) is 0 Å². The normalized spacial score (nSPS) is 10.5. The number of rotatable bonds is 3. The number of alkyl halides is 1. The molecule has 1 aromatic carbocycles. The van der Waals surface area contributed by atoms with Crippen molar-refractivity contribution in [1.29, 1.82) is 0 Å². The van der Waals surface area contributed by atoms with Gasteiger partial charge in [0.25, 0.3) is 0 Å². The zero-order valence-corrected chi connectivity index (χ0v) is 10.6. The third-order valence-corrected chi connectivity index (χ3v) is 3.98. The predicted molar refractivity (Wildman–Crippen MR) is 68.9 cm³/mol. The minimum atomic E-state index is 0.486. The molecule has 4 heteroatoms. The molecule has 2 rings (SSSR count). The van der Waals surface area contributed by atoms with E-state index in [4.69, 9.17) is 11.6 Å². The van der Waals surface area contributed by atoms with E-state index in [9.17, 15) is 0 Å². The van der Waals surface area contributed by atoms with Gasteiger partial charge in [0, 0.05) is 15.8 Å². The molecule has 2 aromatic rings. The molecule has 0 N–H and O–H groups in total. The van der Waals surface area contributed by atoms with Gasteiger partial charge in [-0.05, 0) is 18.4 Å². The van der Waals surface area contributed by atoms with Crippen LogP contribution in [0.1, 0.15) is 5.69 Å². The Morgan fingerprint density at radius 1 is 1.33 bits per heavy atom. The van der Waals surface area contributed by atoms with E-state index in [2.05, 4.69) is 35.5 Å². The number of halogens is 1. The van der Waals surface area contributed by atoms with Gasteiger partial charge in [-0.15, -0.1) is 34.7 Å². The van der Waals surface area contributed by atoms with E-state index >= 15 is 0 Å². The van der Waals surface area contributed by atoms with Crippen molar-refractivity contribution in [3.63, 3.8) is 0 Å². The van der Waals surface area contributed by atoms with E-state index in [0.29, 0.717) is 5.88 Å². The van der Waals surface area contributed by atoms with Crippen molar-refractivity contribution >= 4 is 34.7 Å². The molecule has 1 nitrogen and oxygen atoms in total. The van der Waals surface area contributed by atoms with E-state index < -0.39 is 0 Å². The van der Waals surface area contributed by atoms with Crippen LogP contribution in [0.25, 0.3) is 10.6 Å². The lowest BCUT2D eigenvalue weighted by Gasteiger charge is -1.98. The molecule has 0 unspecified atom stereocenters. The van der Waals surface area contributed by atoms with E-state index in [1.165, 1.54) is 4.90 Å². The van der Waals surface area contributed by atoms with Crippen LogP contribution in [0.15, 0.2) is 34.5 Å². The third kappa shape index (κ3) is 2.54. The van der Waals surface area contributed by atoms with Crippen molar-refractivity contribution in [3.8, 4) is 10.6 Å². The highest BCUT2D eigenvalue weighted by Crippen LogP contribution is 2.26. The lowest BCUT2D eigenvalue weighted by molar-refractivity contribution is 1.23. The molecular formula is C11H10ClNS2. The summed E-state index contributed by atoms with van der Waals surface area (Å²) in [6, 6.07) is 8.43. The molecule has 78 valence electrons. The second-order valence-electron chi connectivity index (χ2n) is 3.01. The lowest BCUT2D eigenvalue weighted by atomic mass is 10.2. The summed E-state index contributed by atoms with van der Waals surface area (Å²) in [4.78, 5) is 5.71. The first-order valence-electron chi connectivity index (χ1n) is 4.48. The summed E-state index contributed by atoms with van der Waals surface area (Å²) >= 11 is 9.10. The highest BCUT2D eigenvalue weighted by molar-refractivity contribution is 7.98. The smallest absolute Gasteiger partial charge is 0.123 e. The van der Waals surface area contributed by atoms with Crippen LogP contribution in [-0.2, 0) is 5.88 Å². The third-order valence-electron chi connectivity index (χ3n) is 2.03. The van der Waals surface area contributed by atoms with Gasteiger partial charge >= 0.3 is 0 Å². The molecule has 0 aliphatic heterocycles. The number of hydrogen-bond acceptors (Lipinski definition) is 3.